The Hall–Kier alpha value is -1.06. The molecule has 0 amide bonds. The number of nitrogens with zero attached hydrogens (tertiary/aromatic N) is 2. The van der Waals surface area contributed by atoms with Gasteiger partial charge in [0.2, 0.25) is 0 Å². The molecule has 0 saturated heterocycles. The SMILES string of the molecule is Cc1cc(Cl)cc2nc(CNC3CC3)n(C)c12. The fourth-order valence-electron chi connectivity index (χ4n) is 2.26. The van der Waals surface area contributed by atoms with Crippen molar-refractivity contribution in [2.45, 2.75) is 32.4 Å². The first-order chi connectivity index (χ1) is 8.15. The summed E-state index contributed by atoms with van der Waals surface area (Å²) in [7, 11) is 2.07. The average Bonchev–Trinajstić information content (AvgIpc) is 3.01. The van der Waals surface area contributed by atoms with E-state index < -0.39 is 0 Å². The number of nitrogens with one attached hydrogen (secondary N) is 1. The fourth-order valence-corrected chi connectivity index (χ4v) is 2.53. The average molecular weight is 250 g/mol. The molecule has 0 bridgehead atoms. The number of aromatic nitrogens is 2. The molecule has 1 heterocycles. The van der Waals surface area contributed by atoms with Gasteiger partial charge in [-0.05, 0) is 37.5 Å². The standard InChI is InChI=1S/C13H16ClN3/c1-8-5-9(14)6-11-13(8)17(2)12(16-11)7-15-10-3-4-10/h5-6,10,15H,3-4,7H2,1-2H3. The second-order valence-electron chi connectivity index (χ2n) is 4.83. The smallest absolute Gasteiger partial charge is 0.123 e. The molecular formula is C13H16ClN3. The lowest BCUT2D eigenvalue weighted by molar-refractivity contribution is 0.639. The monoisotopic (exact) mass is 249 g/mol. The highest BCUT2D eigenvalue weighted by Crippen LogP contribution is 2.24. The molecule has 0 atom stereocenters. The van der Waals surface area contributed by atoms with Crippen LogP contribution in [0.5, 0.6) is 0 Å². The quantitative estimate of drug-likeness (QED) is 0.907. The van der Waals surface area contributed by atoms with Crippen LogP contribution in [0.1, 0.15) is 24.2 Å². The highest BCUT2D eigenvalue weighted by atomic mass is 35.5. The Kier molecular flexibility index (Phi) is 2.60. The van der Waals surface area contributed by atoms with Crippen LogP contribution in [-0.2, 0) is 13.6 Å². The Morgan fingerprint density at radius 3 is 2.94 bits per heavy atom. The van der Waals surface area contributed by atoms with Gasteiger partial charge in [0.25, 0.3) is 0 Å². The largest absolute Gasteiger partial charge is 0.330 e. The molecule has 17 heavy (non-hydrogen) atoms. The predicted octanol–water partition coefficient (Wildman–Crippen LogP) is 2.79. The lowest BCUT2D eigenvalue weighted by atomic mass is 10.2. The zero-order valence-corrected chi connectivity index (χ0v) is 10.9. The van der Waals surface area contributed by atoms with Gasteiger partial charge in [0.15, 0.2) is 0 Å². The highest BCUT2D eigenvalue weighted by Gasteiger charge is 2.21. The summed E-state index contributed by atoms with van der Waals surface area (Å²) in [4.78, 5) is 4.65. The summed E-state index contributed by atoms with van der Waals surface area (Å²) in [6.45, 7) is 2.92. The Morgan fingerprint density at radius 2 is 2.24 bits per heavy atom. The normalized spacial score (nSPS) is 15.7. The minimum atomic E-state index is 0.708. The minimum absolute atomic E-state index is 0.708. The lowest BCUT2D eigenvalue weighted by Crippen LogP contribution is -2.18. The number of aryl methyl sites for hydroxylation is 2. The van der Waals surface area contributed by atoms with Gasteiger partial charge in [-0.15, -0.1) is 0 Å². The first-order valence-corrected chi connectivity index (χ1v) is 6.38. The lowest BCUT2D eigenvalue weighted by Gasteiger charge is -2.04. The molecule has 3 nitrogen and oxygen atoms in total. The van der Waals surface area contributed by atoms with E-state index in [-0.39, 0.29) is 0 Å². The molecule has 1 fully saturated rings. The van der Waals surface area contributed by atoms with Crippen LogP contribution in [0.15, 0.2) is 12.1 Å². The summed E-state index contributed by atoms with van der Waals surface area (Å²) >= 11 is 6.06. The molecule has 1 aliphatic carbocycles. The van der Waals surface area contributed by atoms with E-state index in [1.807, 2.05) is 12.1 Å². The first-order valence-electron chi connectivity index (χ1n) is 6.00. The minimum Gasteiger partial charge on any atom is -0.330 e. The fraction of sp³-hybridized carbons (Fsp3) is 0.462. The number of hydrogen-bond donors (Lipinski definition) is 1. The third-order valence-electron chi connectivity index (χ3n) is 3.34. The molecule has 90 valence electrons. The van der Waals surface area contributed by atoms with Crippen molar-refractivity contribution < 1.29 is 0 Å². The van der Waals surface area contributed by atoms with Gasteiger partial charge in [0, 0.05) is 18.1 Å². The van der Waals surface area contributed by atoms with Crippen LogP contribution in [0.3, 0.4) is 0 Å². The molecule has 1 N–H and O–H groups in total. The number of rotatable bonds is 3. The summed E-state index contributed by atoms with van der Waals surface area (Å²) < 4.78 is 2.16. The van der Waals surface area contributed by atoms with Crippen LogP contribution in [0, 0.1) is 6.92 Å². The maximum atomic E-state index is 6.06. The third-order valence-corrected chi connectivity index (χ3v) is 3.56. The van der Waals surface area contributed by atoms with E-state index in [1.54, 1.807) is 0 Å². The van der Waals surface area contributed by atoms with Crippen molar-refractivity contribution in [3.63, 3.8) is 0 Å². The van der Waals surface area contributed by atoms with Crippen molar-refractivity contribution in [2.24, 2.45) is 7.05 Å². The molecule has 1 saturated carbocycles. The van der Waals surface area contributed by atoms with Crippen LogP contribution in [0.25, 0.3) is 11.0 Å². The van der Waals surface area contributed by atoms with Crippen molar-refractivity contribution >= 4 is 22.6 Å². The molecule has 0 aliphatic heterocycles. The summed E-state index contributed by atoms with van der Waals surface area (Å²) in [5.74, 6) is 1.08. The number of benzene rings is 1. The van der Waals surface area contributed by atoms with Crippen LogP contribution in [0.4, 0.5) is 0 Å². The Balaban J connectivity index is 2.01. The topological polar surface area (TPSA) is 29.9 Å². The van der Waals surface area contributed by atoms with Crippen LogP contribution >= 0.6 is 11.6 Å². The molecule has 4 heteroatoms. The van der Waals surface area contributed by atoms with E-state index in [1.165, 1.54) is 23.9 Å². The van der Waals surface area contributed by atoms with Crippen molar-refractivity contribution in [1.29, 1.82) is 0 Å². The Bertz CT molecular complexity index is 570. The third kappa shape index (κ3) is 2.05. The molecule has 3 rings (SSSR count). The van der Waals surface area contributed by atoms with Crippen LogP contribution in [0.2, 0.25) is 5.02 Å². The van der Waals surface area contributed by atoms with Gasteiger partial charge >= 0.3 is 0 Å². The molecule has 1 aromatic carbocycles. The second-order valence-corrected chi connectivity index (χ2v) is 5.27. The van der Waals surface area contributed by atoms with Crippen LogP contribution < -0.4 is 5.32 Å². The van der Waals surface area contributed by atoms with Crippen molar-refractivity contribution in [3.8, 4) is 0 Å². The van der Waals surface area contributed by atoms with E-state index in [2.05, 4.69) is 28.8 Å². The predicted molar refractivity (Wildman–Crippen MR) is 70.3 cm³/mol. The summed E-state index contributed by atoms with van der Waals surface area (Å²) in [5.41, 5.74) is 3.35. The first kappa shape index (κ1) is 11.1. The summed E-state index contributed by atoms with van der Waals surface area (Å²) in [5, 5.41) is 4.25. The number of imidazole rings is 1. The van der Waals surface area contributed by atoms with E-state index in [4.69, 9.17) is 11.6 Å². The van der Waals surface area contributed by atoms with Crippen LogP contribution in [-0.4, -0.2) is 15.6 Å². The number of hydrogen-bond acceptors (Lipinski definition) is 2. The maximum absolute atomic E-state index is 6.06. The van der Waals surface area contributed by atoms with Crippen molar-refractivity contribution in [2.75, 3.05) is 0 Å². The summed E-state index contributed by atoms with van der Waals surface area (Å²) in [6, 6.07) is 4.63. The zero-order chi connectivity index (χ0) is 12.0. The Morgan fingerprint density at radius 1 is 1.47 bits per heavy atom. The van der Waals surface area contributed by atoms with Gasteiger partial charge in [-0.25, -0.2) is 4.98 Å². The van der Waals surface area contributed by atoms with Gasteiger partial charge in [-0.2, -0.15) is 0 Å². The van der Waals surface area contributed by atoms with Gasteiger partial charge < -0.3 is 9.88 Å². The molecule has 0 spiro atoms. The van der Waals surface area contributed by atoms with E-state index in [0.717, 1.165) is 22.9 Å². The molecule has 0 unspecified atom stereocenters. The summed E-state index contributed by atoms with van der Waals surface area (Å²) in [6.07, 6.45) is 2.60. The van der Waals surface area contributed by atoms with Gasteiger partial charge in [0.1, 0.15) is 5.82 Å². The highest BCUT2D eigenvalue weighted by molar-refractivity contribution is 6.31. The molecule has 1 aromatic heterocycles. The zero-order valence-electron chi connectivity index (χ0n) is 10.1. The molecule has 1 aliphatic rings. The van der Waals surface area contributed by atoms with E-state index in [9.17, 15) is 0 Å². The second kappa shape index (κ2) is 4.00. The maximum Gasteiger partial charge on any atom is 0.123 e. The molecule has 2 aromatic rings. The van der Waals surface area contributed by atoms with Gasteiger partial charge in [-0.1, -0.05) is 11.6 Å². The molecule has 0 radical (unpaired) electrons. The Labute approximate surface area is 106 Å². The number of fused-ring (bicyclic) bond motifs is 1. The van der Waals surface area contributed by atoms with Crippen molar-refractivity contribution in [3.05, 3.63) is 28.5 Å². The van der Waals surface area contributed by atoms with E-state index >= 15 is 0 Å². The molecular weight excluding hydrogens is 234 g/mol. The van der Waals surface area contributed by atoms with Gasteiger partial charge in [0.05, 0.1) is 17.6 Å². The van der Waals surface area contributed by atoms with E-state index in [0.29, 0.717) is 6.04 Å². The van der Waals surface area contributed by atoms with Crippen molar-refractivity contribution in [1.82, 2.24) is 14.9 Å². The van der Waals surface area contributed by atoms with Gasteiger partial charge in [-0.3, -0.25) is 0 Å². The number of halogens is 1.